The van der Waals surface area contributed by atoms with E-state index in [1.165, 1.54) is 31.5 Å². The van der Waals surface area contributed by atoms with Crippen molar-refractivity contribution in [1.29, 1.82) is 0 Å². The van der Waals surface area contributed by atoms with Gasteiger partial charge in [0.2, 0.25) is 0 Å². The molecule has 162 valence electrons. The molecule has 31 heavy (non-hydrogen) atoms. The molecule has 0 amide bonds. The quantitative estimate of drug-likeness (QED) is 0.245. The van der Waals surface area contributed by atoms with Crippen LogP contribution in [-0.4, -0.2) is 18.3 Å². The molecule has 5 nitrogen and oxygen atoms in total. The first-order chi connectivity index (χ1) is 14.8. The number of nitrogens with zero attached hydrogens (tertiary/aromatic N) is 2. The zero-order valence-corrected chi connectivity index (χ0v) is 17.7. The molecule has 0 atom stereocenters. The average molecular weight is 498 g/mol. The summed E-state index contributed by atoms with van der Waals surface area (Å²) in [6.45, 7) is 0.148. The predicted molar refractivity (Wildman–Crippen MR) is 112 cm³/mol. The Morgan fingerprint density at radius 2 is 1.94 bits per heavy atom. The number of benzene rings is 2. The number of aromatic nitrogens is 1. The molecule has 1 aromatic heterocycles. The van der Waals surface area contributed by atoms with Crippen LogP contribution in [0.4, 0.5) is 23.4 Å². The third-order valence-electron chi connectivity index (χ3n) is 4.04. The maximum atomic E-state index is 13.3. The molecular formula is C21H16BrF4N3O2. The number of hydrogen-bond donors (Lipinski definition) is 1. The van der Waals surface area contributed by atoms with Gasteiger partial charge in [-0.15, -0.1) is 0 Å². The van der Waals surface area contributed by atoms with Crippen molar-refractivity contribution in [1.82, 2.24) is 4.98 Å². The summed E-state index contributed by atoms with van der Waals surface area (Å²) >= 11 is 3.41. The lowest BCUT2D eigenvalue weighted by Gasteiger charge is -2.13. The maximum Gasteiger partial charge on any atom is 0.417 e. The highest BCUT2D eigenvalue weighted by atomic mass is 79.9. The van der Waals surface area contributed by atoms with Crippen molar-refractivity contribution in [3.63, 3.8) is 0 Å². The minimum absolute atomic E-state index is 0.148. The normalized spacial score (nSPS) is 11.5. The van der Waals surface area contributed by atoms with E-state index >= 15 is 0 Å². The fourth-order valence-electron chi connectivity index (χ4n) is 2.51. The SMILES string of the molecule is COc1cc(/C=N\Nc2ccc(C(F)(F)F)cn2)c(Br)cc1OCc1cccc(F)c1. The molecule has 3 aromatic rings. The summed E-state index contributed by atoms with van der Waals surface area (Å²) in [5.74, 6) is 0.667. The number of alkyl halides is 3. The number of methoxy groups -OCH3 is 1. The molecule has 0 unspecified atom stereocenters. The first-order valence-electron chi connectivity index (χ1n) is 8.83. The molecule has 1 heterocycles. The minimum atomic E-state index is -4.45. The van der Waals surface area contributed by atoms with E-state index < -0.39 is 11.7 Å². The smallest absolute Gasteiger partial charge is 0.417 e. The van der Waals surface area contributed by atoms with Crippen molar-refractivity contribution in [3.8, 4) is 11.5 Å². The lowest BCUT2D eigenvalue weighted by Crippen LogP contribution is -2.05. The molecule has 0 bridgehead atoms. The summed E-state index contributed by atoms with van der Waals surface area (Å²) in [4.78, 5) is 3.68. The number of pyridine rings is 1. The van der Waals surface area contributed by atoms with Gasteiger partial charge in [0, 0.05) is 16.2 Å². The van der Waals surface area contributed by atoms with Crippen LogP contribution in [0.2, 0.25) is 0 Å². The Bertz CT molecular complexity index is 1070. The highest BCUT2D eigenvalue weighted by molar-refractivity contribution is 9.10. The Kier molecular flexibility index (Phi) is 7.11. The number of halogens is 5. The van der Waals surface area contributed by atoms with Crippen LogP contribution in [0.3, 0.4) is 0 Å². The van der Waals surface area contributed by atoms with Crippen LogP contribution in [0.25, 0.3) is 0 Å². The van der Waals surface area contributed by atoms with Gasteiger partial charge < -0.3 is 9.47 Å². The topological polar surface area (TPSA) is 55.7 Å². The largest absolute Gasteiger partial charge is 0.493 e. The van der Waals surface area contributed by atoms with E-state index in [1.807, 2.05) is 0 Å². The fraction of sp³-hybridized carbons (Fsp3) is 0.143. The molecule has 0 saturated carbocycles. The minimum Gasteiger partial charge on any atom is -0.493 e. The maximum absolute atomic E-state index is 13.3. The summed E-state index contributed by atoms with van der Waals surface area (Å²) in [5, 5.41) is 3.99. The second kappa shape index (κ2) is 9.78. The second-order valence-electron chi connectivity index (χ2n) is 6.24. The number of rotatable bonds is 7. The van der Waals surface area contributed by atoms with Gasteiger partial charge in [0.1, 0.15) is 18.2 Å². The van der Waals surface area contributed by atoms with Crippen molar-refractivity contribution in [2.75, 3.05) is 12.5 Å². The zero-order valence-electron chi connectivity index (χ0n) is 16.1. The Hall–Kier alpha value is -3.14. The van der Waals surface area contributed by atoms with Gasteiger partial charge in [-0.05, 0) is 57.9 Å². The third-order valence-corrected chi connectivity index (χ3v) is 4.73. The van der Waals surface area contributed by atoms with E-state index in [9.17, 15) is 17.6 Å². The Morgan fingerprint density at radius 3 is 2.58 bits per heavy atom. The van der Waals surface area contributed by atoms with Crippen LogP contribution in [0.15, 0.2) is 64.3 Å². The Balaban J connectivity index is 1.69. The van der Waals surface area contributed by atoms with Crippen LogP contribution in [0, 0.1) is 5.82 Å². The second-order valence-corrected chi connectivity index (χ2v) is 7.10. The molecule has 10 heteroatoms. The van der Waals surface area contributed by atoms with Gasteiger partial charge in [-0.25, -0.2) is 9.37 Å². The van der Waals surface area contributed by atoms with Crippen molar-refractivity contribution < 1.29 is 27.0 Å². The van der Waals surface area contributed by atoms with Gasteiger partial charge in [-0.2, -0.15) is 18.3 Å². The van der Waals surface area contributed by atoms with E-state index in [4.69, 9.17) is 9.47 Å². The predicted octanol–water partition coefficient (Wildman–Crippen LogP) is 6.04. The summed E-state index contributed by atoms with van der Waals surface area (Å²) in [7, 11) is 1.48. The average Bonchev–Trinajstić information content (AvgIpc) is 2.73. The van der Waals surface area contributed by atoms with Gasteiger partial charge >= 0.3 is 6.18 Å². The van der Waals surface area contributed by atoms with Crippen LogP contribution in [0.5, 0.6) is 11.5 Å². The van der Waals surface area contributed by atoms with E-state index in [1.54, 1.807) is 24.3 Å². The molecule has 1 N–H and O–H groups in total. The number of nitrogens with one attached hydrogen (secondary N) is 1. The number of anilines is 1. The highest BCUT2D eigenvalue weighted by Gasteiger charge is 2.30. The molecule has 0 saturated heterocycles. The Labute approximate surface area is 183 Å². The molecule has 0 aliphatic heterocycles. The number of ether oxygens (including phenoxy) is 2. The van der Waals surface area contributed by atoms with Crippen LogP contribution in [-0.2, 0) is 12.8 Å². The van der Waals surface area contributed by atoms with Crippen LogP contribution < -0.4 is 14.9 Å². The summed E-state index contributed by atoms with van der Waals surface area (Å²) < 4.78 is 62.7. The zero-order chi connectivity index (χ0) is 22.4. The Morgan fingerprint density at radius 1 is 1.13 bits per heavy atom. The van der Waals surface area contributed by atoms with E-state index in [0.717, 1.165) is 12.3 Å². The van der Waals surface area contributed by atoms with Crippen LogP contribution in [0.1, 0.15) is 16.7 Å². The van der Waals surface area contributed by atoms with E-state index in [2.05, 4.69) is 31.4 Å². The number of hydrogen-bond acceptors (Lipinski definition) is 5. The van der Waals surface area contributed by atoms with E-state index in [-0.39, 0.29) is 18.2 Å². The number of hydrazone groups is 1. The van der Waals surface area contributed by atoms with Gasteiger partial charge in [-0.3, -0.25) is 5.43 Å². The molecule has 0 aliphatic rings. The lowest BCUT2D eigenvalue weighted by molar-refractivity contribution is -0.137. The summed E-state index contributed by atoms with van der Waals surface area (Å²) in [6, 6.07) is 11.5. The molecule has 0 spiro atoms. The summed E-state index contributed by atoms with van der Waals surface area (Å²) in [6.07, 6.45) is -2.28. The molecule has 0 fully saturated rings. The molecule has 0 radical (unpaired) electrons. The monoisotopic (exact) mass is 497 g/mol. The third kappa shape index (κ3) is 6.17. The highest BCUT2D eigenvalue weighted by Crippen LogP contribution is 2.33. The van der Waals surface area contributed by atoms with Gasteiger partial charge in [0.15, 0.2) is 11.5 Å². The standard InChI is InChI=1S/C21H16BrF4N3O2/c1-30-18-8-14(10-28-29-20-6-5-15(11-27-20)21(24,25)26)17(22)9-19(18)31-12-13-3-2-4-16(23)7-13/h2-11H,12H2,1H3,(H,27,29)/b28-10-. The van der Waals surface area contributed by atoms with Crippen molar-refractivity contribution in [3.05, 3.63) is 81.7 Å². The van der Waals surface area contributed by atoms with Gasteiger partial charge in [0.05, 0.1) is 18.9 Å². The first kappa shape index (κ1) is 22.5. The van der Waals surface area contributed by atoms with Crippen molar-refractivity contribution in [2.24, 2.45) is 5.10 Å². The van der Waals surface area contributed by atoms with Gasteiger partial charge in [-0.1, -0.05) is 12.1 Å². The molecule has 0 aliphatic carbocycles. The fourth-order valence-corrected chi connectivity index (χ4v) is 2.93. The molecule has 3 rings (SSSR count). The van der Waals surface area contributed by atoms with Crippen molar-refractivity contribution >= 4 is 28.0 Å². The van der Waals surface area contributed by atoms with Crippen molar-refractivity contribution in [2.45, 2.75) is 12.8 Å². The van der Waals surface area contributed by atoms with E-state index in [0.29, 0.717) is 27.1 Å². The lowest BCUT2D eigenvalue weighted by atomic mass is 10.2. The van der Waals surface area contributed by atoms with Gasteiger partial charge in [0.25, 0.3) is 0 Å². The molecule has 2 aromatic carbocycles. The first-order valence-corrected chi connectivity index (χ1v) is 9.62. The van der Waals surface area contributed by atoms with Crippen LogP contribution >= 0.6 is 15.9 Å². The molecular weight excluding hydrogens is 482 g/mol. The summed E-state index contributed by atoms with van der Waals surface area (Å²) in [5.41, 5.74) is 3.01.